The molecule has 0 aliphatic carbocycles. The smallest absolute Gasteiger partial charge is 0.262 e. The van der Waals surface area contributed by atoms with E-state index in [0.29, 0.717) is 22.9 Å². The van der Waals surface area contributed by atoms with Crippen molar-refractivity contribution in [2.75, 3.05) is 17.2 Å². The number of anilines is 2. The first-order chi connectivity index (χ1) is 16.0. The van der Waals surface area contributed by atoms with Crippen LogP contribution in [0.3, 0.4) is 0 Å². The maximum atomic E-state index is 12.6. The van der Waals surface area contributed by atoms with Gasteiger partial charge in [0.15, 0.2) is 6.61 Å². The van der Waals surface area contributed by atoms with Gasteiger partial charge in [0.05, 0.1) is 0 Å². The van der Waals surface area contributed by atoms with Gasteiger partial charge in [0.25, 0.3) is 11.8 Å². The zero-order valence-corrected chi connectivity index (χ0v) is 20.9. The summed E-state index contributed by atoms with van der Waals surface area (Å²) in [4.78, 5) is 25.0. The second-order valence-electron chi connectivity index (χ2n) is 9.89. The topological polar surface area (TPSA) is 67.4 Å². The van der Waals surface area contributed by atoms with Crippen LogP contribution in [0, 0.1) is 6.92 Å². The fourth-order valence-electron chi connectivity index (χ4n) is 3.55. The molecule has 0 aromatic heterocycles. The first-order valence-corrected chi connectivity index (χ1v) is 11.6. The number of ether oxygens (including phenoxy) is 1. The van der Waals surface area contributed by atoms with Gasteiger partial charge in [0.2, 0.25) is 0 Å². The van der Waals surface area contributed by atoms with Gasteiger partial charge in [-0.15, -0.1) is 0 Å². The van der Waals surface area contributed by atoms with E-state index in [0.717, 1.165) is 16.9 Å². The second kappa shape index (κ2) is 10.6. The Kier molecular flexibility index (Phi) is 7.77. The van der Waals surface area contributed by atoms with Gasteiger partial charge in [-0.2, -0.15) is 0 Å². The van der Waals surface area contributed by atoms with Crippen molar-refractivity contribution in [3.05, 3.63) is 89.0 Å². The Bertz CT molecular complexity index is 1140. The average Bonchev–Trinajstić information content (AvgIpc) is 2.78. The number of carbonyl (C=O) groups is 2. The van der Waals surface area contributed by atoms with E-state index < -0.39 is 0 Å². The lowest BCUT2D eigenvalue weighted by Crippen LogP contribution is -2.20. The van der Waals surface area contributed by atoms with Gasteiger partial charge >= 0.3 is 0 Å². The molecule has 2 N–H and O–H groups in total. The van der Waals surface area contributed by atoms with Crippen molar-refractivity contribution in [1.82, 2.24) is 0 Å². The van der Waals surface area contributed by atoms with Crippen molar-refractivity contribution in [2.45, 2.75) is 52.9 Å². The molecule has 0 aliphatic heterocycles. The molecule has 0 saturated heterocycles. The predicted octanol–water partition coefficient (Wildman–Crippen LogP) is 6.69. The number of nitrogens with one attached hydrogen (secondary N) is 2. The summed E-state index contributed by atoms with van der Waals surface area (Å²) < 4.78 is 5.80. The monoisotopic (exact) mass is 458 g/mol. The minimum atomic E-state index is -0.244. The molecule has 0 spiro atoms. The molecule has 0 aliphatic rings. The second-order valence-corrected chi connectivity index (χ2v) is 9.89. The zero-order chi connectivity index (χ0) is 24.9. The minimum Gasteiger partial charge on any atom is -0.483 e. The number of hydrogen-bond acceptors (Lipinski definition) is 3. The summed E-state index contributed by atoms with van der Waals surface area (Å²) in [6.45, 7) is 12.5. The quantitative estimate of drug-likeness (QED) is 0.415. The summed E-state index contributed by atoms with van der Waals surface area (Å²) in [5.74, 6) is 0.619. The average molecular weight is 459 g/mol. The third-order valence-corrected chi connectivity index (χ3v) is 5.59. The van der Waals surface area contributed by atoms with E-state index in [4.69, 9.17) is 4.74 Å². The van der Waals surface area contributed by atoms with E-state index in [1.165, 1.54) is 5.56 Å². The Balaban J connectivity index is 1.55. The van der Waals surface area contributed by atoms with Gasteiger partial charge in [0.1, 0.15) is 5.75 Å². The number of amides is 2. The van der Waals surface area contributed by atoms with Gasteiger partial charge in [-0.3, -0.25) is 9.59 Å². The van der Waals surface area contributed by atoms with E-state index in [1.54, 1.807) is 24.3 Å². The number of benzene rings is 3. The van der Waals surface area contributed by atoms with Gasteiger partial charge in [-0.1, -0.05) is 58.9 Å². The Hall–Kier alpha value is -3.60. The van der Waals surface area contributed by atoms with Crippen molar-refractivity contribution >= 4 is 23.2 Å². The van der Waals surface area contributed by atoms with Crippen LogP contribution in [0.5, 0.6) is 5.75 Å². The Morgan fingerprint density at radius 2 is 1.44 bits per heavy atom. The highest BCUT2D eigenvalue weighted by Gasteiger charge is 2.15. The molecule has 0 bridgehead atoms. The molecule has 2 amide bonds. The van der Waals surface area contributed by atoms with Crippen LogP contribution in [-0.2, 0) is 10.2 Å². The van der Waals surface area contributed by atoms with Crippen LogP contribution in [0.1, 0.15) is 67.6 Å². The molecule has 0 fully saturated rings. The van der Waals surface area contributed by atoms with Gasteiger partial charge in [0, 0.05) is 16.9 Å². The van der Waals surface area contributed by atoms with Crippen molar-refractivity contribution in [2.24, 2.45) is 0 Å². The Morgan fingerprint density at radius 3 is 2.00 bits per heavy atom. The summed E-state index contributed by atoms with van der Waals surface area (Å²) in [6, 6.07) is 20.7. The molecule has 0 saturated carbocycles. The summed E-state index contributed by atoms with van der Waals surface area (Å²) in [6.07, 6.45) is 0. The van der Waals surface area contributed by atoms with Crippen molar-refractivity contribution < 1.29 is 14.3 Å². The van der Waals surface area contributed by atoms with Crippen LogP contribution in [-0.4, -0.2) is 18.4 Å². The number of hydrogen-bond donors (Lipinski definition) is 2. The van der Waals surface area contributed by atoms with Gasteiger partial charge in [-0.05, 0) is 77.4 Å². The molecule has 0 radical (unpaired) electrons. The lowest BCUT2D eigenvalue weighted by molar-refractivity contribution is -0.118. The molecule has 0 unspecified atom stereocenters. The van der Waals surface area contributed by atoms with Crippen molar-refractivity contribution in [1.29, 1.82) is 0 Å². The van der Waals surface area contributed by atoms with Crippen LogP contribution in [0.25, 0.3) is 0 Å². The molecule has 5 nitrogen and oxygen atoms in total. The van der Waals surface area contributed by atoms with Crippen LogP contribution in [0.4, 0.5) is 11.4 Å². The zero-order valence-electron chi connectivity index (χ0n) is 20.9. The summed E-state index contributed by atoms with van der Waals surface area (Å²) in [5.41, 5.74) is 5.26. The predicted molar refractivity (Wildman–Crippen MR) is 139 cm³/mol. The number of carbonyl (C=O) groups excluding carboxylic acids is 2. The Labute approximate surface area is 202 Å². The highest BCUT2D eigenvalue weighted by molar-refractivity contribution is 6.04. The Morgan fingerprint density at radius 1 is 0.853 bits per heavy atom. The molecule has 3 aromatic rings. The largest absolute Gasteiger partial charge is 0.483 e. The molecule has 178 valence electrons. The van der Waals surface area contributed by atoms with E-state index in [-0.39, 0.29) is 23.8 Å². The SMILES string of the molecule is Cc1ccc(C(C)C)c(OCC(=O)Nc2ccc(NC(=O)c3ccc(C(C)(C)C)cc3)cc2)c1. The van der Waals surface area contributed by atoms with Crippen molar-refractivity contribution in [3.8, 4) is 5.75 Å². The summed E-state index contributed by atoms with van der Waals surface area (Å²) in [7, 11) is 0. The van der Waals surface area contributed by atoms with E-state index in [1.807, 2.05) is 49.4 Å². The van der Waals surface area contributed by atoms with Crippen LogP contribution in [0.2, 0.25) is 0 Å². The molecule has 0 atom stereocenters. The lowest BCUT2D eigenvalue weighted by Gasteiger charge is -2.19. The number of rotatable bonds is 7. The van der Waals surface area contributed by atoms with Crippen LogP contribution in [0.15, 0.2) is 66.7 Å². The third-order valence-electron chi connectivity index (χ3n) is 5.59. The molecule has 3 rings (SSSR count). The van der Waals surface area contributed by atoms with E-state index in [9.17, 15) is 9.59 Å². The highest BCUT2D eigenvalue weighted by atomic mass is 16.5. The molecule has 34 heavy (non-hydrogen) atoms. The highest BCUT2D eigenvalue weighted by Crippen LogP contribution is 2.27. The number of aryl methyl sites for hydroxylation is 1. The van der Waals surface area contributed by atoms with Gasteiger partial charge in [-0.25, -0.2) is 0 Å². The lowest BCUT2D eigenvalue weighted by atomic mass is 9.87. The fourth-order valence-corrected chi connectivity index (χ4v) is 3.55. The standard InChI is InChI=1S/C29H34N2O3/c1-19(2)25-16-7-20(3)17-26(25)34-18-27(32)30-23-12-14-24(15-13-23)31-28(33)21-8-10-22(11-9-21)29(4,5)6/h7-17,19H,18H2,1-6H3,(H,30,32)(H,31,33). The molecular formula is C29H34N2O3. The maximum absolute atomic E-state index is 12.6. The van der Waals surface area contributed by atoms with E-state index >= 15 is 0 Å². The summed E-state index contributed by atoms with van der Waals surface area (Å²) >= 11 is 0. The molecule has 0 heterocycles. The first kappa shape index (κ1) is 25.0. The maximum Gasteiger partial charge on any atom is 0.262 e. The van der Waals surface area contributed by atoms with E-state index in [2.05, 4.69) is 45.3 Å². The molecule has 5 heteroatoms. The molecule has 3 aromatic carbocycles. The van der Waals surface area contributed by atoms with Crippen LogP contribution < -0.4 is 15.4 Å². The summed E-state index contributed by atoms with van der Waals surface area (Å²) in [5, 5.41) is 5.72. The fraction of sp³-hybridized carbons (Fsp3) is 0.310. The third kappa shape index (κ3) is 6.70. The van der Waals surface area contributed by atoms with Crippen molar-refractivity contribution in [3.63, 3.8) is 0 Å². The van der Waals surface area contributed by atoms with Crippen LogP contribution >= 0.6 is 0 Å². The minimum absolute atomic E-state index is 0.0388. The normalized spacial score (nSPS) is 11.3. The first-order valence-electron chi connectivity index (χ1n) is 11.6. The molecular weight excluding hydrogens is 424 g/mol. The van der Waals surface area contributed by atoms with Gasteiger partial charge < -0.3 is 15.4 Å².